The Morgan fingerprint density at radius 1 is 0.735 bits per heavy atom. The average molecular weight is 467 g/mol. The Labute approximate surface area is 198 Å². The van der Waals surface area contributed by atoms with Crippen LogP contribution in [0, 0.1) is 6.92 Å². The second-order valence-corrected chi connectivity index (χ2v) is 9.62. The van der Waals surface area contributed by atoms with Gasteiger partial charge < -0.3 is 5.32 Å². The second-order valence-electron chi connectivity index (χ2n) is 7.94. The standard InChI is InChI=1S/C27H22N4O2S/c1-19-9-15-23(16-10-19)34(32,33)31-22-13-11-21(12-14-22)30-27-17-26(28-18-29-27)25-8-4-6-20-5-2-3-7-24(20)25/h2-18,31H,1H3,(H,28,29,30). The summed E-state index contributed by atoms with van der Waals surface area (Å²) in [7, 11) is -3.65. The predicted octanol–water partition coefficient (Wildman–Crippen LogP) is 6.15. The molecule has 5 aromatic rings. The van der Waals surface area contributed by atoms with Crippen molar-refractivity contribution in [3.05, 3.63) is 109 Å². The Balaban J connectivity index is 1.34. The van der Waals surface area contributed by atoms with Crippen LogP contribution >= 0.6 is 0 Å². The lowest BCUT2D eigenvalue weighted by Crippen LogP contribution is -2.12. The van der Waals surface area contributed by atoms with Crippen LogP contribution in [0.1, 0.15) is 5.56 Å². The lowest BCUT2D eigenvalue weighted by atomic mass is 10.0. The van der Waals surface area contributed by atoms with Crippen LogP contribution in [-0.4, -0.2) is 18.4 Å². The molecule has 0 saturated carbocycles. The molecule has 0 radical (unpaired) electrons. The van der Waals surface area contributed by atoms with E-state index in [2.05, 4.69) is 38.2 Å². The molecule has 168 valence electrons. The molecule has 0 fully saturated rings. The number of fused-ring (bicyclic) bond motifs is 1. The fourth-order valence-corrected chi connectivity index (χ4v) is 4.78. The van der Waals surface area contributed by atoms with Crippen molar-refractivity contribution >= 4 is 38.0 Å². The highest BCUT2D eigenvalue weighted by Crippen LogP contribution is 2.29. The summed E-state index contributed by atoms with van der Waals surface area (Å²) < 4.78 is 27.8. The second kappa shape index (κ2) is 8.96. The van der Waals surface area contributed by atoms with Gasteiger partial charge in [-0.25, -0.2) is 18.4 Å². The zero-order chi connectivity index (χ0) is 23.5. The highest BCUT2D eigenvalue weighted by atomic mass is 32.2. The van der Waals surface area contributed by atoms with E-state index in [1.807, 2.05) is 37.3 Å². The first kappa shape index (κ1) is 21.6. The van der Waals surface area contributed by atoms with Crippen LogP contribution in [0.2, 0.25) is 0 Å². The maximum Gasteiger partial charge on any atom is 0.261 e. The Morgan fingerprint density at radius 3 is 2.24 bits per heavy atom. The van der Waals surface area contributed by atoms with Crippen LogP contribution in [0.3, 0.4) is 0 Å². The molecule has 0 spiro atoms. The zero-order valence-corrected chi connectivity index (χ0v) is 19.3. The van der Waals surface area contributed by atoms with Crippen LogP contribution in [0.15, 0.2) is 108 Å². The van der Waals surface area contributed by atoms with Crippen molar-refractivity contribution in [2.24, 2.45) is 0 Å². The average Bonchev–Trinajstić information content (AvgIpc) is 2.85. The van der Waals surface area contributed by atoms with Gasteiger partial charge in [0.2, 0.25) is 0 Å². The van der Waals surface area contributed by atoms with Crippen LogP contribution in [0.4, 0.5) is 17.2 Å². The van der Waals surface area contributed by atoms with Crippen molar-refractivity contribution in [3.63, 3.8) is 0 Å². The summed E-state index contributed by atoms with van der Waals surface area (Å²) in [6, 6.07) is 30.0. The molecule has 1 heterocycles. The summed E-state index contributed by atoms with van der Waals surface area (Å²) in [6.07, 6.45) is 1.53. The van der Waals surface area contributed by atoms with E-state index in [-0.39, 0.29) is 4.90 Å². The Bertz CT molecular complexity index is 1560. The Morgan fingerprint density at radius 2 is 1.44 bits per heavy atom. The van der Waals surface area contributed by atoms with E-state index in [1.54, 1.807) is 48.5 Å². The van der Waals surface area contributed by atoms with Crippen LogP contribution in [-0.2, 0) is 10.0 Å². The number of aryl methyl sites for hydroxylation is 1. The van der Waals surface area contributed by atoms with Gasteiger partial charge in [0.05, 0.1) is 10.6 Å². The molecule has 6 nitrogen and oxygen atoms in total. The first-order valence-corrected chi connectivity index (χ1v) is 12.2. The summed E-state index contributed by atoms with van der Waals surface area (Å²) in [5, 5.41) is 5.54. The van der Waals surface area contributed by atoms with E-state index in [0.29, 0.717) is 11.5 Å². The van der Waals surface area contributed by atoms with Gasteiger partial charge in [-0.3, -0.25) is 4.72 Å². The van der Waals surface area contributed by atoms with Gasteiger partial charge >= 0.3 is 0 Å². The minimum atomic E-state index is -3.65. The van der Waals surface area contributed by atoms with Crippen LogP contribution in [0.5, 0.6) is 0 Å². The monoisotopic (exact) mass is 466 g/mol. The summed E-state index contributed by atoms with van der Waals surface area (Å²) in [6.45, 7) is 1.91. The molecule has 1 aromatic heterocycles. The van der Waals surface area contributed by atoms with Gasteiger partial charge in [-0.1, -0.05) is 60.2 Å². The molecule has 0 aliphatic rings. The van der Waals surface area contributed by atoms with Gasteiger partial charge in [0.25, 0.3) is 10.0 Å². The predicted molar refractivity (Wildman–Crippen MR) is 137 cm³/mol. The minimum Gasteiger partial charge on any atom is -0.340 e. The van der Waals surface area contributed by atoms with E-state index >= 15 is 0 Å². The number of rotatable bonds is 6. The van der Waals surface area contributed by atoms with Crippen molar-refractivity contribution in [2.45, 2.75) is 11.8 Å². The number of aromatic nitrogens is 2. The molecule has 0 saturated heterocycles. The first-order valence-electron chi connectivity index (χ1n) is 10.7. The van der Waals surface area contributed by atoms with Crippen molar-refractivity contribution in [1.29, 1.82) is 0 Å². The zero-order valence-electron chi connectivity index (χ0n) is 18.4. The molecular formula is C27H22N4O2S. The molecule has 0 aliphatic carbocycles. The third-order valence-corrected chi connectivity index (χ3v) is 6.87. The summed E-state index contributed by atoms with van der Waals surface area (Å²) in [5.74, 6) is 0.644. The molecule has 0 amide bonds. The van der Waals surface area contributed by atoms with Gasteiger partial charge in [0.15, 0.2) is 0 Å². The van der Waals surface area contributed by atoms with E-state index in [9.17, 15) is 8.42 Å². The van der Waals surface area contributed by atoms with Gasteiger partial charge in [-0.2, -0.15) is 0 Å². The van der Waals surface area contributed by atoms with Crippen molar-refractivity contribution < 1.29 is 8.42 Å². The molecule has 7 heteroatoms. The maximum absolute atomic E-state index is 12.6. The summed E-state index contributed by atoms with van der Waals surface area (Å²) in [5.41, 5.74) is 4.11. The van der Waals surface area contributed by atoms with E-state index in [0.717, 1.165) is 33.3 Å². The van der Waals surface area contributed by atoms with Crippen LogP contribution in [0.25, 0.3) is 22.0 Å². The maximum atomic E-state index is 12.6. The topological polar surface area (TPSA) is 84.0 Å². The highest BCUT2D eigenvalue weighted by Gasteiger charge is 2.14. The summed E-state index contributed by atoms with van der Waals surface area (Å²) in [4.78, 5) is 9.02. The van der Waals surface area contributed by atoms with Crippen molar-refractivity contribution in [1.82, 2.24) is 9.97 Å². The highest BCUT2D eigenvalue weighted by molar-refractivity contribution is 7.92. The number of sulfonamides is 1. The van der Waals surface area contributed by atoms with Gasteiger partial charge in [-0.05, 0) is 54.1 Å². The number of hydrogen-bond donors (Lipinski definition) is 2. The number of anilines is 3. The van der Waals surface area contributed by atoms with Crippen molar-refractivity contribution in [2.75, 3.05) is 10.0 Å². The molecule has 34 heavy (non-hydrogen) atoms. The molecule has 2 N–H and O–H groups in total. The molecule has 0 bridgehead atoms. The lowest BCUT2D eigenvalue weighted by Gasteiger charge is -2.11. The Hall–Kier alpha value is -4.23. The molecule has 0 unspecified atom stereocenters. The number of nitrogens with one attached hydrogen (secondary N) is 2. The van der Waals surface area contributed by atoms with Crippen molar-refractivity contribution in [3.8, 4) is 11.3 Å². The smallest absolute Gasteiger partial charge is 0.261 e. The molecule has 5 rings (SSSR count). The van der Waals surface area contributed by atoms with E-state index in [1.165, 1.54) is 6.33 Å². The first-order chi connectivity index (χ1) is 16.5. The third kappa shape index (κ3) is 4.60. The SMILES string of the molecule is Cc1ccc(S(=O)(=O)Nc2ccc(Nc3cc(-c4cccc5ccccc45)ncn3)cc2)cc1. The number of nitrogens with zero attached hydrogens (tertiary/aromatic N) is 2. The van der Waals surface area contributed by atoms with E-state index < -0.39 is 10.0 Å². The number of benzene rings is 4. The fourth-order valence-electron chi connectivity index (χ4n) is 3.72. The fraction of sp³-hybridized carbons (Fsp3) is 0.0370. The van der Waals surface area contributed by atoms with E-state index in [4.69, 9.17) is 0 Å². The lowest BCUT2D eigenvalue weighted by molar-refractivity contribution is 0.601. The number of hydrogen-bond acceptors (Lipinski definition) is 5. The summed E-state index contributed by atoms with van der Waals surface area (Å²) >= 11 is 0. The molecule has 0 aliphatic heterocycles. The third-order valence-electron chi connectivity index (χ3n) is 5.47. The Kier molecular flexibility index (Phi) is 5.69. The van der Waals surface area contributed by atoms with Crippen LogP contribution < -0.4 is 10.0 Å². The van der Waals surface area contributed by atoms with Gasteiger partial charge in [0.1, 0.15) is 12.1 Å². The normalized spacial score (nSPS) is 11.3. The minimum absolute atomic E-state index is 0.224. The molecular weight excluding hydrogens is 444 g/mol. The van der Waals surface area contributed by atoms with Gasteiger partial charge in [0, 0.05) is 23.0 Å². The molecule has 0 atom stereocenters. The molecule has 4 aromatic carbocycles. The quantitative estimate of drug-likeness (QED) is 0.314. The van der Waals surface area contributed by atoms with Gasteiger partial charge in [-0.15, -0.1) is 0 Å². The largest absolute Gasteiger partial charge is 0.340 e.